The Morgan fingerprint density at radius 3 is 0.701 bits per heavy atom. The Labute approximate surface area is 672 Å². The van der Waals surface area contributed by atoms with Crippen LogP contribution in [0.25, 0.3) is 67.5 Å². The third kappa shape index (κ3) is 24.6. The number of benzene rings is 6. The van der Waals surface area contributed by atoms with Gasteiger partial charge < -0.3 is 0 Å². The molecule has 6 nitrogen and oxygen atoms in total. The standard InChI is InChI=1S/5C16H20N.C15H18N.6CH4/c2*1-5-14-10-16(17(4)11-13(14)3)15-9-7-6-8-12(15)2;3*1-5-14-11-17(4)16(10-13(14)3)15-9-7-6-8-12(15)2;1-11-7-5-6-8-14(11)15-9-12(2)13(3)10-16(15)4;;;;;;/h5*6-11H,5H2,1-4H3;5-10H,1-4H3;6*1H4/q6*+1;;;;;;/i3D3,5D2;;5D2;;;2D3,3D3;;;;;;. The molecule has 12 aromatic rings. The summed E-state index contributed by atoms with van der Waals surface area (Å²) in [6.45, 7) is 23.4. The Balaban J connectivity index is 0.000000715. The highest BCUT2D eigenvalue weighted by Crippen LogP contribution is 2.28. The first-order chi connectivity index (χ1) is 53.2. The highest BCUT2D eigenvalue weighted by molar-refractivity contribution is 5.66. The van der Waals surface area contributed by atoms with E-state index in [0.717, 1.165) is 64.0 Å². The van der Waals surface area contributed by atoms with Crippen LogP contribution in [0.4, 0.5) is 0 Å². The van der Waals surface area contributed by atoms with Crippen LogP contribution in [0.2, 0.25) is 0 Å². The number of hydrogen-bond acceptors (Lipinski definition) is 0. The minimum absolute atomic E-state index is 0. The molecule has 12 rings (SSSR count). The fourth-order valence-electron chi connectivity index (χ4n) is 12.8. The van der Waals surface area contributed by atoms with E-state index in [2.05, 4.69) is 232 Å². The van der Waals surface area contributed by atoms with E-state index in [-0.39, 0.29) is 66.8 Å². The smallest absolute Gasteiger partial charge is 0.201 e. The van der Waals surface area contributed by atoms with Crippen molar-refractivity contribution in [1.82, 2.24) is 0 Å². The molecule has 6 aromatic carbocycles. The summed E-state index contributed by atoms with van der Waals surface area (Å²) < 4.78 is 113. The predicted octanol–water partition coefficient (Wildman–Crippen LogP) is 23.7. The summed E-state index contributed by atoms with van der Waals surface area (Å²) in [5, 5.41) is 0. The Hall–Kier alpha value is -9.78. The topological polar surface area (TPSA) is 23.3 Å². The molecule has 0 aliphatic carbocycles. The van der Waals surface area contributed by atoms with Crippen LogP contribution in [-0.4, -0.2) is 0 Å². The second kappa shape index (κ2) is 45.0. The van der Waals surface area contributed by atoms with Crippen LogP contribution in [-0.2, 0) is 74.3 Å². The van der Waals surface area contributed by atoms with Gasteiger partial charge in [-0.05, 0) is 225 Å². The van der Waals surface area contributed by atoms with Crippen molar-refractivity contribution < 1.29 is 45.2 Å². The second-order valence-corrected chi connectivity index (χ2v) is 26.4. The van der Waals surface area contributed by atoms with Crippen molar-refractivity contribution in [3.8, 4) is 67.5 Å². The normalized spacial score (nSPS) is 12.4. The molecule has 0 bridgehead atoms. The molecule has 0 unspecified atom stereocenters. The van der Waals surface area contributed by atoms with Crippen LogP contribution in [0.5, 0.6) is 0 Å². The van der Waals surface area contributed by atoms with Crippen molar-refractivity contribution in [3.63, 3.8) is 0 Å². The Bertz CT molecular complexity index is 5130. The SMILES string of the molecule is C.C.C.C.C.C.CCc1c[n+](C)c(-c2ccccc2C)cc1C.CCc1c[n+](C)c(-c2ccccc2C)cc1C.CCc1cc(-c2ccccc2C)[n+](C)cc1C.[2H]C([2H])(C)c1c[n+](C)c(-c2ccccc2C)cc1C.[2H]C([2H])([2H])c1c[n+](C)c(-c2ccccc2C)cc1C([2H])([2H])C.[2H]C([2H])([2H])c1cc(-c2ccccc2C)[n+](C)cc1C([2H])([2H])[2H]. The number of nitrogens with zero attached hydrogens (tertiary/aromatic N) is 6. The first-order valence-electron chi connectivity index (χ1n) is 41.7. The molecule has 570 valence electrons. The fourth-order valence-corrected chi connectivity index (χ4v) is 12.8. The van der Waals surface area contributed by atoms with E-state index in [4.69, 9.17) is 17.8 Å². The van der Waals surface area contributed by atoms with Crippen molar-refractivity contribution in [3.05, 3.63) is 319 Å². The van der Waals surface area contributed by atoms with Crippen molar-refractivity contribution >= 4 is 0 Å². The summed E-state index contributed by atoms with van der Waals surface area (Å²) in [7, 11) is 11.8. The van der Waals surface area contributed by atoms with Gasteiger partial charge in [-0.25, -0.2) is 27.4 Å². The first kappa shape index (κ1) is 74.1. The molecule has 0 atom stereocenters. The summed E-state index contributed by atoms with van der Waals surface area (Å²) in [6, 6.07) is 61.4. The highest BCUT2D eigenvalue weighted by atomic mass is 14.9. The lowest BCUT2D eigenvalue weighted by atomic mass is 10.0. The average molecular weight is 1450 g/mol. The molecule has 0 amide bonds. The van der Waals surface area contributed by atoms with E-state index in [0.29, 0.717) is 5.69 Å². The third-order valence-corrected chi connectivity index (χ3v) is 19.0. The number of pyridine rings is 6. The minimum atomic E-state index is -2.48. The van der Waals surface area contributed by atoms with Gasteiger partial charge in [-0.2, -0.15) is 0 Å². The van der Waals surface area contributed by atoms with Crippen LogP contribution in [0.15, 0.2) is 219 Å². The molecule has 6 heteroatoms. The number of hydrogen-bond donors (Lipinski definition) is 0. The average Bonchev–Trinajstić information content (AvgIpc) is 0.769. The van der Waals surface area contributed by atoms with Gasteiger partial charge in [0.25, 0.3) is 0 Å². The molecule has 0 saturated carbocycles. The van der Waals surface area contributed by atoms with Gasteiger partial charge in [0.05, 0.1) is 0 Å². The summed E-state index contributed by atoms with van der Waals surface area (Å²) in [5.74, 6) is 0. The molecule has 0 radical (unpaired) electrons. The number of aryl methyl sites for hydroxylation is 24. The molecule has 6 aromatic heterocycles. The van der Waals surface area contributed by atoms with Gasteiger partial charge in [0.1, 0.15) is 42.3 Å². The third-order valence-electron chi connectivity index (χ3n) is 19.0. The van der Waals surface area contributed by atoms with Gasteiger partial charge in [0.2, 0.25) is 34.2 Å². The lowest BCUT2D eigenvalue weighted by Crippen LogP contribution is -2.32. The zero-order valence-corrected chi connectivity index (χ0v) is 64.1. The molecular formula is C101H142N6+6. The number of rotatable bonds is 11. The minimum Gasteiger partial charge on any atom is -0.201 e. The highest BCUT2D eigenvalue weighted by Gasteiger charge is 2.20. The number of aromatic nitrogens is 6. The van der Waals surface area contributed by atoms with E-state index in [1.54, 1.807) is 36.2 Å². The van der Waals surface area contributed by atoms with Gasteiger partial charge in [0.15, 0.2) is 37.2 Å². The van der Waals surface area contributed by atoms with Crippen molar-refractivity contribution in [2.45, 2.75) is 201 Å². The fraction of sp³-hybridized carbons (Fsp3) is 0.347. The summed E-state index contributed by atoms with van der Waals surface area (Å²) >= 11 is 0. The molecular weight excluding hydrogens is 1300 g/mol. The van der Waals surface area contributed by atoms with Crippen LogP contribution >= 0.6 is 0 Å². The molecule has 0 aliphatic rings. The molecule has 0 N–H and O–H groups in total. The quantitative estimate of drug-likeness (QED) is 0.115. The summed E-state index contributed by atoms with van der Waals surface area (Å²) in [4.78, 5) is 0. The van der Waals surface area contributed by atoms with Gasteiger partial charge in [-0.1, -0.05) is 188 Å². The monoisotopic (exact) mass is 1450 g/mol. The Morgan fingerprint density at radius 1 is 0.224 bits per heavy atom. The maximum atomic E-state index is 7.98. The molecule has 0 saturated heterocycles. The van der Waals surface area contributed by atoms with Gasteiger partial charge in [-0.15, -0.1) is 0 Å². The second-order valence-electron chi connectivity index (χ2n) is 26.4. The summed E-state index contributed by atoms with van der Waals surface area (Å²) in [6.07, 6.45) is 11.8. The van der Waals surface area contributed by atoms with E-state index < -0.39 is 33.3 Å². The van der Waals surface area contributed by atoms with E-state index in [1.165, 1.54) is 120 Å². The molecule has 6 heterocycles. The van der Waals surface area contributed by atoms with Gasteiger partial charge in [0, 0.05) is 121 Å². The maximum Gasteiger partial charge on any atom is 0.212 e. The molecule has 0 aliphatic heterocycles. The van der Waals surface area contributed by atoms with E-state index in [1.807, 2.05) is 99.2 Å². The van der Waals surface area contributed by atoms with Gasteiger partial charge in [-0.3, -0.25) is 0 Å². The van der Waals surface area contributed by atoms with Crippen LogP contribution in [0, 0.1) is 89.8 Å². The summed E-state index contributed by atoms with van der Waals surface area (Å²) in [5.41, 5.74) is 30.9. The van der Waals surface area contributed by atoms with Gasteiger partial charge >= 0.3 is 0 Å². The van der Waals surface area contributed by atoms with Crippen LogP contribution < -0.4 is 27.4 Å². The Morgan fingerprint density at radius 2 is 0.439 bits per heavy atom. The largest absolute Gasteiger partial charge is 0.212 e. The Kier molecular flexibility index (Phi) is 31.2. The predicted molar refractivity (Wildman–Crippen MR) is 467 cm³/mol. The van der Waals surface area contributed by atoms with E-state index >= 15 is 0 Å². The zero-order chi connectivity index (χ0) is 84.9. The molecule has 0 spiro atoms. The molecule has 107 heavy (non-hydrogen) atoms. The zero-order valence-electron chi connectivity index (χ0n) is 77.1. The maximum absolute atomic E-state index is 7.98. The van der Waals surface area contributed by atoms with E-state index in [9.17, 15) is 0 Å². The van der Waals surface area contributed by atoms with Crippen molar-refractivity contribution in [2.24, 2.45) is 42.3 Å². The molecule has 0 fully saturated rings. The van der Waals surface area contributed by atoms with Crippen molar-refractivity contribution in [1.29, 1.82) is 0 Å². The van der Waals surface area contributed by atoms with Crippen LogP contribution in [0.1, 0.15) is 197 Å². The van der Waals surface area contributed by atoms with Crippen molar-refractivity contribution in [2.75, 3.05) is 0 Å². The van der Waals surface area contributed by atoms with Crippen LogP contribution in [0.3, 0.4) is 0 Å². The lowest BCUT2D eigenvalue weighted by Gasteiger charge is -2.07. The first-order valence-corrected chi connectivity index (χ1v) is 35.2. The lowest BCUT2D eigenvalue weighted by molar-refractivity contribution is -0.661.